The molecule has 0 saturated carbocycles. The van der Waals surface area contributed by atoms with Crippen molar-refractivity contribution in [3.8, 4) is 0 Å². The molecule has 3 rings (SSSR count). The van der Waals surface area contributed by atoms with E-state index in [1.807, 2.05) is 36.4 Å². The summed E-state index contributed by atoms with van der Waals surface area (Å²) in [7, 11) is 0. The molecular weight excluding hydrogens is 244 g/mol. The molecule has 0 unspecified atom stereocenters. The topological polar surface area (TPSA) is 28.7 Å². The average Bonchev–Trinajstić information content (AvgIpc) is 2.76. The van der Waals surface area contributed by atoms with E-state index in [9.17, 15) is 0 Å². The summed E-state index contributed by atoms with van der Waals surface area (Å²) in [6.07, 6.45) is 0.730. The van der Waals surface area contributed by atoms with Gasteiger partial charge in [-0.3, -0.25) is 0 Å². The molecule has 0 aliphatic rings. The van der Waals surface area contributed by atoms with Gasteiger partial charge in [-0.25, -0.2) is 4.98 Å². The van der Waals surface area contributed by atoms with Gasteiger partial charge in [0.25, 0.3) is 0 Å². The molecular formula is C15H13ClN2. The van der Waals surface area contributed by atoms with E-state index in [0.717, 1.165) is 33.9 Å². The summed E-state index contributed by atoms with van der Waals surface area (Å²) in [5, 5.41) is 0.787. The number of nitrogens with zero attached hydrogens (tertiary/aromatic N) is 1. The van der Waals surface area contributed by atoms with Crippen LogP contribution < -0.4 is 0 Å². The van der Waals surface area contributed by atoms with Crippen molar-refractivity contribution in [2.45, 2.75) is 13.3 Å². The lowest BCUT2D eigenvalue weighted by Crippen LogP contribution is -1.91. The fourth-order valence-corrected chi connectivity index (χ4v) is 2.34. The third kappa shape index (κ3) is 2.00. The number of halogens is 1. The van der Waals surface area contributed by atoms with E-state index in [4.69, 9.17) is 11.6 Å². The Morgan fingerprint density at radius 2 is 1.94 bits per heavy atom. The Morgan fingerprint density at radius 3 is 2.72 bits per heavy atom. The van der Waals surface area contributed by atoms with Crippen molar-refractivity contribution in [1.82, 2.24) is 9.97 Å². The molecule has 3 aromatic rings. The monoisotopic (exact) mass is 256 g/mol. The largest absolute Gasteiger partial charge is 0.342 e. The van der Waals surface area contributed by atoms with Gasteiger partial charge in [0.2, 0.25) is 0 Å². The number of benzene rings is 2. The standard InChI is InChI=1S/C15H13ClN2/c1-10-5-4-8-13-15(10)18-14(17-13)9-11-6-2-3-7-12(11)16/h2-8H,9H2,1H3,(H,17,18). The Kier molecular flexibility index (Phi) is 2.80. The van der Waals surface area contributed by atoms with Gasteiger partial charge in [-0.1, -0.05) is 41.9 Å². The minimum Gasteiger partial charge on any atom is -0.342 e. The molecule has 0 aliphatic carbocycles. The van der Waals surface area contributed by atoms with E-state index >= 15 is 0 Å². The number of nitrogens with one attached hydrogen (secondary N) is 1. The highest BCUT2D eigenvalue weighted by Gasteiger charge is 2.07. The molecule has 1 aromatic heterocycles. The maximum absolute atomic E-state index is 6.16. The second-order valence-corrected chi connectivity index (χ2v) is 4.83. The molecule has 0 spiro atoms. The van der Waals surface area contributed by atoms with E-state index in [-0.39, 0.29) is 0 Å². The van der Waals surface area contributed by atoms with Crippen LogP contribution in [-0.4, -0.2) is 9.97 Å². The normalized spacial score (nSPS) is 11.0. The first-order chi connectivity index (χ1) is 8.74. The van der Waals surface area contributed by atoms with Crippen molar-refractivity contribution in [3.05, 3.63) is 64.4 Å². The Labute approximate surface area is 111 Å². The van der Waals surface area contributed by atoms with Crippen LogP contribution in [0.4, 0.5) is 0 Å². The predicted octanol–water partition coefficient (Wildman–Crippen LogP) is 4.12. The van der Waals surface area contributed by atoms with Crippen LogP contribution in [0.5, 0.6) is 0 Å². The van der Waals surface area contributed by atoms with Crippen LogP contribution in [0.15, 0.2) is 42.5 Å². The van der Waals surface area contributed by atoms with Crippen molar-refractivity contribution >= 4 is 22.6 Å². The van der Waals surface area contributed by atoms with Crippen LogP contribution >= 0.6 is 11.6 Å². The molecule has 2 aromatic carbocycles. The van der Waals surface area contributed by atoms with E-state index < -0.39 is 0 Å². The first-order valence-corrected chi connectivity index (χ1v) is 6.29. The first kappa shape index (κ1) is 11.3. The number of aromatic nitrogens is 2. The maximum atomic E-state index is 6.16. The summed E-state index contributed by atoms with van der Waals surface area (Å²) in [4.78, 5) is 7.98. The highest BCUT2D eigenvalue weighted by atomic mass is 35.5. The number of hydrogen-bond donors (Lipinski definition) is 1. The SMILES string of the molecule is Cc1cccc2[nH]c(Cc3ccccc3Cl)nc12. The first-order valence-electron chi connectivity index (χ1n) is 5.91. The second kappa shape index (κ2) is 4.46. The van der Waals surface area contributed by atoms with Gasteiger partial charge < -0.3 is 4.98 Å². The van der Waals surface area contributed by atoms with Crippen molar-refractivity contribution in [2.75, 3.05) is 0 Å². The number of fused-ring (bicyclic) bond motifs is 1. The van der Waals surface area contributed by atoms with Gasteiger partial charge in [0.05, 0.1) is 11.0 Å². The molecule has 0 amide bonds. The van der Waals surface area contributed by atoms with Crippen LogP contribution in [0, 0.1) is 6.92 Å². The fraction of sp³-hybridized carbons (Fsp3) is 0.133. The molecule has 2 nitrogen and oxygen atoms in total. The smallest absolute Gasteiger partial charge is 0.111 e. The molecule has 0 radical (unpaired) electrons. The number of rotatable bonds is 2. The summed E-state index contributed by atoms with van der Waals surface area (Å²) < 4.78 is 0. The van der Waals surface area contributed by atoms with Crippen molar-refractivity contribution in [1.29, 1.82) is 0 Å². The number of aryl methyl sites for hydroxylation is 1. The van der Waals surface area contributed by atoms with Gasteiger partial charge in [-0.2, -0.15) is 0 Å². The van der Waals surface area contributed by atoms with E-state index in [0.29, 0.717) is 0 Å². The molecule has 90 valence electrons. The molecule has 0 aliphatic heterocycles. The minimum absolute atomic E-state index is 0.730. The van der Waals surface area contributed by atoms with Crippen LogP contribution in [0.2, 0.25) is 5.02 Å². The van der Waals surface area contributed by atoms with Gasteiger partial charge in [-0.05, 0) is 30.2 Å². The Hall–Kier alpha value is -1.80. The van der Waals surface area contributed by atoms with E-state index in [1.54, 1.807) is 0 Å². The molecule has 0 saturated heterocycles. The maximum Gasteiger partial charge on any atom is 0.111 e. The molecule has 0 atom stereocenters. The van der Waals surface area contributed by atoms with Crippen molar-refractivity contribution < 1.29 is 0 Å². The lowest BCUT2D eigenvalue weighted by Gasteiger charge is -2.00. The Morgan fingerprint density at radius 1 is 1.11 bits per heavy atom. The summed E-state index contributed by atoms with van der Waals surface area (Å²) in [5.74, 6) is 0.951. The third-order valence-corrected chi connectivity index (χ3v) is 3.45. The number of hydrogen-bond acceptors (Lipinski definition) is 1. The fourth-order valence-electron chi connectivity index (χ4n) is 2.13. The van der Waals surface area contributed by atoms with Gasteiger partial charge in [0.15, 0.2) is 0 Å². The Bertz CT molecular complexity index is 701. The van der Waals surface area contributed by atoms with E-state index in [2.05, 4.69) is 23.0 Å². The van der Waals surface area contributed by atoms with Crippen LogP contribution in [-0.2, 0) is 6.42 Å². The molecule has 18 heavy (non-hydrogen) atoms. The van der Waals surface area contributed by atoms with Crippen LogP contribution in [0.1, 0.15) is 17.0 Å². The van der Waals surface area contributed by atoms with Crippen LogP contribution in [0.25, 0.3) is 11.0 Å². The average molecular weight is 257 g/mol. The molecule has 1 N–H and O–H groups in total. The van der Waals surface area contributed by atoms with Crippen molar-refractivity contribution in [2.24, 2.45) is 0 Å². The molecule has 3 heteroatoms. The summed E-state index contributed by atoms with van der Waals surface area (Å²) in [5.41, 5.74) is 4.40. The highest BCUT2D eigenvalue weighted by Crippen LogP contribution is 2.20. The van der Waals surface area contributed by atoms with Crippen LogP contribution in [0.3, 0.4) is 0 Å². The lowest BCUT2D eigenvalue weighted by molar-refractivity contribution is 1.04. The predicted molar refractivity (Wildman–Crippen MR) is 75.1 cm³/mol. The van der Waals surface area contributed by atoms with Crippen molar-refractivity contribution in [3.63, 3.8) is 0 Å². The number of aromatic amines is 1. The molecule has 0 bridgehead atoms. The number of H-pyrrole nitrogens is 1. The van der Waals surface area contributed by atoms with E-state index in [1.165, 1.54) is 5.56 Å². The zero-order valence-electron chi connectivity index (χ0n) is 10.1. The quantitative estimate of drug-likeness (QED) is 0.734. The summed E-state index contributed by atoms with van der Waals surface area (Å²) in [6, 6.07) is 14.0. The molecule has 1 heterocycles. The zero-order valence-corrected chi connectivity index (χ0v) is 10.8. The van der Waals surface area contributed by atoms with Gasteiger partial charge in [0.1, 0.15) is 5.82 Å². The summed E-state index contributed by atoms with van der Waals surface area (Å²) >= 11 is 6.16. The lowest BCUT2D eigenvalue weighted by atomic mass is 10.1. The third-order valence-electron chi connectivity index (χ3n) is 3.08. The number of imidazole rings is 1. The van der Waals surface area contributed by atoms with Gasteiger partial charge >= 0.3 is 0 Å². The summed E-state index contributed by atoms with van der Waals surface area (Å²) in [6.45, 7) is 2.07. The van der Waals surface area contributed by atoms with Gasteiger partial charge in [0, 0.05) is 11.4 Å². The van der Waals surface area contributed by atoms with Gasteiger partial charge in [-0.15, -0.1) is 0 Å². The Balaban J connectivity index is 2.01. The number of para-hydroxylation sites is 1. The minimum atomic E-state index is 0.730. The zero-order chi connectivity index (χ0) is 12.5. The molecule has 0 fully saturated rings. The second-order valence-electron chi connectivity index (χ2n) is 4.42. The highest BCUT2D eigenvalue weighted by molar-refractivity contribution is 6.31.